The minimum absolute atomic E-state index is 0.539. The second-order valence-electron chi connectivity index (χ2n) is 5.70. The van der Waals surface area contributed by atoms with Crippen LogP contribution in [0.1, 0.15) is 11.5 Å². The van der Waals surface area contributed by atoms with Crippen molar-refractivity contribution in [3.8, 4) is 0 Å². The van der Waals surface area contributed by atoms with Crippen LogP contribution in [-0.2, 0) is 6.54 Å². The number of hydrogen-bond donors (Lipinski definition) is 2. The smallest absolute Gasteiger partial charge is 0.124 e. The van der Waals surface area contributed by atoms with Crippen molar-refractivity contribution in [2.24, 2.45) is 0 Å². The minimum atomic E-state index is 0.539. The molecule has 0 aliphatic rings. The number of hydrogen-bond acceptors (Lipinski definition) is 3. The molecule has 0 aliphatic carbocycles. The van der Waals surface area contributed by atoms with Crippen LogP contribution in [0.5, 0.6) is 0 Å². The first-order valence-corrected chi connectivity index (χ1v) is 9.66. The summed E-state index contributed by atoms with van der Waals surface area (Å²) in [6, 6.07) is 19.8. The molecule has 3 nitrogen and oxygen atoms in total. The topological polar surface area (TPSA) is 41.0 Å². The quantitative estimate of drug-likeness (QED) is 0.402. The first-order chi connectivity index (χ1) is 12.7. The maximum absolute atomic E-state index is 6.23. The number of benzene rings is 2. The monoisotopic (exact) mass is 398 g/mol. The Labute approximate surface area is 165 Å². The molecule has 4 aromatic rings. The van der Waals surface area contributed by atoms with E-state index >= 15 is 0 Å². The molecule has 26 heavy (non-hydrogen) atoms. The summed E-state index contributed by atoms with van der Waals surface area (Å²) in [6.45, 7) is 0.539. The molecule has 2 N–H and O–H groups in total. The number of H-pyrrole nitrogens is 1. The average molecular weight is 399 g/mol. The van der Waals surface area contributed by atoms with Crippen molar-refractivity contribution in [1.29, 1.82) is 0 Å². The maximum Gasteiger partial charge on any atom is 0.124 e. The number of fused-ring (bicyclic) bond motifs is 1. The molecular weight excluding hydrogens is 384 g/mol. The largest absolute Gasteiger partial charge is 0.467 e. The van der Waals surface area contributed by atoms with Crippen LogP contribution < -0.4 is 5.32 Å². The number of aromatic nitrogens is 1. The summed E-state index contributed by atoms with van der Waals surface area (Å²) in [4.78, 5) is 6.28. The molecule has 0 aliphatic heterocycles. The highest BCUT2D eigenvalue weighted by Gasteiger charge is 2.17. The molecule has 130 valence electrons. The van der Waals surface area contributed by atoms with Crippen molar-refractivity contribution in [3.63, 3.8) is 0 Å². The number of halogens is 1. The van der Waals surface area contributed by atoms with E-state index in [9.17, 15) is 0 Å². The zero-order chi connectivity index (χ0) is 17.9. The first-order valence-electron chi connectivity index (χ1n) is 8.05. The van der Waals surface area contributed by atoms with E-state index in [1.807, 2.05) is 48.5 Å². The van der Waals surface area contributed by atoms with Crippen molar-refractivity contribution < 1.29 is 4.42 Å². The molecule has 0 saturated carbocycles. The van der Waals surface area contributed by atoms with E-state index in [1.54, 1.807) is 18.0 Å². The van der Waals surface area contributed by atoms with Crippen LogP contribution >= 0.6 is 35.6 Å². The van der Waals surface area contributed by atoms with Gasteiger partial charge in [-0.2, -0.15) is 0 Å². The second kappa shape index (κ2) is 7.58. The van der Waals surface area contributed by atoms with Gasteiger partial charge < -0.3 is 14.7 Å². The van der Waals surface area contributed by atoms with Gasteiger partial charge in [0.2, 0.25) is 0 Å². The summed E-state index contributed by atoms with van der Waals surface area (Å²) in [5.41, 5.74) is 1.89. The van der Waals surface area contributed by atoms with Gasteiger partial charge in [-0.25, -0.2) is 0 Å². The molecule has 0 spiro atoms. The lowest BCUT2D eigenvalue weighted by Gasteiger charge is -2.08. The van der Waals surface area contributed by atoms with E-state index in [-0.39, 0.29) is 0 Å². The molecular formula is C20H15ClN2OS2. The van der Waals surface area contributed by atoms with Gasteiger partial charge in [0.1, 0.15) is 10.7 Å². The third-order valence-electron chi connectivity index (χ3n) is 3.91. The highest BCUT2D eigenvalue weighted by Crippen LogP contribution is 2.37. The van der Waals surface area contributed by atoms with Crippen molar-refractivity contribution >= 4 is 51.5 Å². The molecule has 0 radical (unpaired) electrons. The second-order valence-corrected chi connectivity index (χ2v) is 7.62. The highest BCUT2D eigenvalue weighted by atomic mass is 35.5. The zero-order valence-corrected chi connectivity index (χ0v) is 16.0. The Bertz CT molecular complexity index is 1040. The number of furan rings is 1. The molecule has 0 saturated heterocycles. The fraction of sp³-hybridized carbons (Fsp3) is 0.0500. The van der Waals surface area contributed by atoms with Gasteiger partial charge >= 0.3 is 0 Å². The molecule has 2 heterocycles. The number of nitrogens with one attached hydrogen (secondary N) is 2. The van der Waals surface area contributed by atoms with Gasteiger partial charge in [-0.1, -0.05) is 53.8 Å². The molecule has 2 aromatic heterocycles. The van der Waals surface area contributed by atoms with Crippen molar-refractivity contribution in [3.05, 3.63) is 83.4 Å². The van der Waals surface area contributed by atoms with E-state index in [2.05, 4.69) is 22.4 Å². The normalized spacial score (nSPS) is 11.0. The van der Waals surface area contributed by atoms with Gasteiger partial charge in [0.25, 0.3) is 0 Å². The standard InChI is InChI=1S/C20H15ClN2OS2/c21-13-8-9-17-16(11-13)19(26-15-6-2-1-3-7-15)18(23-17)20(25)22-12-14-5-4-10-24-14/h1-11,23H,12H2,(H,22,25). The van der Waals surface area contributed by atoms with E-state index in [0.717, 1.165) is 32.1 Å². The summed E-state index contributed by atoms with van der Waals surface area (Å²) >= 11 is 13.5. The molecule has 0 amide bonds. The van der Waals surface area contributed by atoms with E-state index in [1.165, 1.54) is 0 Å². The van der Waals surface area contributed by atoms with E-state index < -0.39 is 0 Å². The molecule has 0 atom stereocenters. The van der Waals surface area contributed by atoms with Crippen molar-refractivity contribution in [1.82, 2.24) is 10.3 Å². The fourth-order valence-electron chi connectivity index (χ4n) is 2.68. The third kappa shape index (κ3) is 3.65. The number of rotatable bonds is 5. The van der Waals surface area contributed by atoms with Crippen LogP contribution in [-0.4, -0.2) is 9.97 Å². The Hall–Kier alpha value is -2.21. The third-order valence-corrected chi connectivity index (χ3v) is 5.63. The molecule has 0 fully saturated rings. The predicted octanol–water partition coefficient (Wildman–Crippen LogP) is 6.03. The number of thiocarbonyl (C=S) groups is 1. The summed E-state index contributed by atoms with van der Waals surface area (Å²) in [6.07, 6.45) is 1.65. The summed E-state index contributed by atoms with van der Waals surface area (Å²) in [5, 5.41) is 5.02. The molecule has 4 rings (SSSR count). The van der Waals surface area contributed by atoms with E-state index in [0.29, 0.717) is 16.6 Å². The maximum atomic E-state index is 6.23. The number of aromatic amines is 1. The Morgan fingerprint density at radius 1 is 1.12 bits per heavy atom. The van der Waals surface area contributed by atoms with Crippen molar-refractivity contribution in [2.75, 3.05) is 0 Å². The summed E-state index contributed by atoms with van der Waals surface area (Å²) in [7, 11) is 0. The van der Waals surface area contributed by atoms with Crippen LogP contribution in [0, 0.1) is 0 Å². The molecule has 6 heteroatoms. The Kier molecular flexibility index (Phi) is 5.02. The Morgan fingerprint density at radius 2 is 1.96 bits per heavy atom. The van der Waals surface area contributed by atoms with Gasteiger partial charge in [0.05, 0.1) is 18.5 Å². The SMILES string of the molecule is S=C(NCc1ccco1)c1[nH]c2ccc(Cl)cc2c1Sc1ccccc1. The predicted molar refractivity (Wildman–Crippen MR) is 111 cm³/mol. The fourth-order valence-corrected chi connectivity index (χ4v) is 4.21. The van der Waals surface area contributed by atoms with Crippen molar-refractivity contribution in [2.45, 2.75) is 16.3 Å². The first kappa shape index (κ1) is 17.2. The van der Waals surface area contributed by atoms with Gasteiger partial charge in [0.15, 0.2) is 0 Å². The Morgan fingerprint density at radius 3 is 2.73 bits per heavy atom. The highest BCUT2D eigenvalue weighted by molar-refractivity contribution is 7.99. The van der Waals surface area contributed by atoms with Crippen LogP contribution in [0.4, 0.5) is 0 Å². The summed E-state index contributed by atoms with van der Waals surface area (Å²) < 4.78 is 5.37. The van der Waals surface area contributed by atoms with Gasteiger partial charge in [-0.05, 0) is 42.5 Å². The Balaban J connectivity index is 1.70. The molecule has 2 aromatic carbocycles. The molecule has 0 bridgehead atoms. The lowest BCUT2D eigenvalue weighted by molar-refractivity contribution is 0.503. The van der Waals surface area contributed by atoms with E-state index in [4.69, 9.17) is 28.2 Å². The lowest BCUT2D eigenvalue weighted by atomic mass is 10.2. The average Bonchev–Trinajstić information content (AvgIpc) is 3.29. The van der Waals surface area contributed by atoms with Gasteiger partial charge in [-0.3, -0.25) is 0 Å². The van der Waals surface area contributed by atoms with Gasteiger partial charge in [0, 0.05) is 25.7 Å². The van der Waals surface area contributed by atoms with Crippen LogP contribution in [0.2, 0.25) is 5.02 Å². The van der Waals surface area contributed by atoms with Crippen LogP contribution in [0.25, 0.3) is 10.9 Å². The van der Waals surface area contributed by atoms with Crippen LogP contribution in [0.3, 0.4) is 0 Å². The molecule has 0 unspecified atom stereocenters. The van der Waals surface area contributed by atoms with Gasteiger partial charge in [-0.15, -0.1) is 0 Å². The zero-order valence-electron chi connectivity index (χ0n) is 13.7. The summed E-state index contributed by atoms with van der Waals surface area (Å²) in [5.74, 6) is 0.837. The van der Waals surface area contributed by atoms with Crippen LogP contribution in [0.15, 0.2) is 81.1 Å². The lowest BCUT2D eigenvalue weighted by Crippen LogP contribution is -2.22. The minimum Gasteiger partial charge on any atom is -0.467 e.